The molecule has 0 saturated carbocycles. The van der Waals surface area contributed by atoms with Crippen molar-refractivity contribution >= 4 is 0 Å². The zero-order valence-corrected chi connectivity index (χ0v) is 6.30. The lowest BCUT2D eigenvalue weighted by atomic mass is 10.4. The van der Waals surface area contributed by atoms with Crippen LogP contribution in [0.2, 0.25) is 0 Å². The first-order valence-electron chi connectivity index (χ1n) is 3.01. The molecule has 0 aliphatic carbocycles. The Balaban J connectivity index is 3.13. The van der Waals surface area contributed by atoms with Crippen molar-refractivity contribution in [1.82, 2.24) is 4.98 Å². The fourth-order valence-electron chi connectivity index (χ4n) is 0.749. The topological polar surface area (TPSA) is 31.4 Å². The second-order valence-electron chi connectivity index (χ2n) is 1.86. The summed E-state index contributed by atoms with van der Waals surface area (Å²) in [7, 11) is 2.81. The van der Waals surface area contributed by atoms with Gasteiger partial charge in [0.25, 0.3) is 0 Å². The van der Waals surface area contributed by atoms with E-state index < -0.39 is 5.82 Å². The van der Waals surface area contributed by atoms with Crippen LogP contribution in [0, 0.1) is 5.82 Å². The standard InChI is InChI=1S/C7H8FNO2/c1-10-6-4-9-3-5(8)7(6)11-2/h3-4H,1-2H3. The first kappa shape index (κ1) is 7.78. The summed E-state index contributed by atoms with van der Waals surface area (Å²) in [5.41, 5.74) is 0. The minimum absolute atomic E-state index is 0.0856. The number of nitrogens with zero attached hydrogens (tertiary/aromatic N) is 1. The maximum Gasteiger partial charge on any atom is 0.200 e. The van der Waals surface area contributed by atoms with Crippen molar-refractivity contribution in [1.29, 1.82) is 0 Å². The van der Waals surface area contributed by atoms with Gasteiger partial charge in [0.1, 0.15) is 0 Å². The molecule has 0 bridgehead atoms. The molecule has 0 N–H and O–H groups in total. The van der Waals surface area contributed by atoms with Gasteiger partial charge in [-0.2, -0.15) is 0 Å². The predicted molar refractivity (Wildman–Crippen MR) is 37.3 cm³/mol. The van der Waals surface area contributed by atoms with Crippen LogP contribution in [0.5, 0.6) is 11.5 Å². The van der Waals surface area contributed by atoms with E-state index in [-0.39, 0.29) is 5.75 Å². The highest BCUT2D eigenvalue weighted by molar-refractivity contribution is 5.37. The average molecular weight is 157 g/mol. The van der Waals surface area contributed by atoms with Gasteiger partial charge in [-0.3, -0.25) is 4.98 Å². The minimum Gasteiger partial charge on any atom is -0.491 e. The summed E-state index contributed by atoms with van der Waals surface area (Å²) < 4.78 is 22.3. The van der Waals surface area contributed by atoms with Crippen LogP contribution >= 0.6 is 0 Å². The molecule has 0 aliphatic rings. The van der Waals surface area contributed by atoms with Crippen LogP contribution in [-0.2, 0) is 0 Å². The molecule has 0 radical (unpaired) electrons. The fourth-order valence-corrected chi connectivity index (χ4v) is 0.749. The van der Waals surface area contributed by atoms with Gasteiger partial charge in [-0.15, -0.1) is 0 Å². The highest BCUT2D eigenvalue weighted by Crippen LogP contribution is 2.27. The smallest absolute Gasteiger partial charge is 0.200 e. The van der Waals surface area contributed by atoms with Crippen LogP contribution in [-0.4, -0.2) is 19.2 Å². The molecule has 3 nitrogen and oxygen atoms in total. The number of methoxy groups -OCH3 is 2. The molecular weight excluding hydrogens is 149 g/mol. The summed E-state index contributed by atoms with van der Waals surface area (Å²) >= 11 is 0. The maximum absolute atomic E-state index is 12.8. The van der Waals surface area contributed by atoms with Gasteiger partial charge < -0.3 is 9.47 Å². The van der Waals surface area contributed by atoms with E-state index in [1.54, 1.807) is 0 Å². The highest BCUT2D eigenvalue weighted by Gasteiger charge is 2.08. The molecule has 1 heterocycles. The second-order valence-corrected chi connectivity index (χ2v) is 1.86. The Hall–Kier alpha value is -1.32. The summed E-state index contributed by atoms with van der Waals surface area (Å²) in [6.07, 6.45) is 2.46. The molecule has 1 aromatic heterocycles. The van der Waals surface area contributed by atoms with E-state index in [2.05, 4.69) is 4.98 Å². The number of hydrogen-bond acceptors (Lipinski definition) is 3. The lowest BCUT2D eigenvalue weighted by molar-refractivity contribution is 0.335. The summed E-state index contributed by atoms with van der Waals surface area (Å²) in [6.45, 7) is 0. The van der Waals surface area contributed by atoms with Crippen molar-refractivity contribution < 1.29 is 13.9 Å². The molecule has 0 amide bonds. The molecule has 0 fully saturated rings. The number of aromatic nitrogens is 1. The molecule has 0 saturated heterocycles. The summed E-state index contributed by atoms with van der Waals surface area (Å²) in [4.78, 5) is 3.58. The van der Waals surface area contributed by atoms with Crippen LogP contribution in [0.25, 0.3) is 0 Å². The minimum atomic E-state index is -0.521. The first-order valence-corrected chi connectivity index (χ1v) is 3.01. The van der Waals surface area contributed by atoms with Crippen molar-refractivity contribution in [2.75, 3.05) is 14.2 Å². The van der Waals surface area contributed by atoms with E-state index in [0.717, 1.165) is 6.20 Å². The van der Waals surface area contributed by atoms with E-state index in [4.69, 9.17) is 9.47 Å². The van der Waals surface area contributed by atoms with Crippen molar-refractivity contribution in [3.8, 4) is 11.5 Å². The quantitative estimate of drug-likeness (QED) is 0.647. The molecular formula is C7H8FNO2. The van der Waals surface area contributed by atoms with Gasteiger partial charge in [0.05, 0.1) is 26.6 Å². The van der Waals surface area contributed by atoms with Gasteiger partial charge in [0.2, 0.25) is 0 Å². The Morgan fingerprint density at radius 3 is 2.45 bits per heavy atom. The van der Waals surface area contributed by atoms with Crippen molar-refractivity contribution in [2.45, 2.75) is 0 Å². The Morgan fingerprint density at radius 2 is 2.00 bits per heavy atom. The number of halogens is 1. The summed E-state index contributed by atoms with van der Waals surface area (Å²) in [5, 5.41) is 0. The molecule has 11 heavy (non-hydrogen) atoms. The second kappa shape index (κ2) is 3.18. The molecule has 1 rings (SSSR count). The zero-order chi connectivity index (χ0) is 8.27. The van der Waals surface area contributed by atoms with Gasteiger partial charge >= 0.3 is 0 Å². The van der Waals surface area contributed by atoms with E-state index in [1.165, 1.54) is 20.4 Å². The molecule has 4 heteroatoms. The van der Waals surface area contributed by atoms with Crippen LogP contribution in [0.15, 0.2) is 12.4 Å². The Bertz CT molecular complexity index is 252. The van der Waals surface area contributed by atoms with Crippen molar-refractivity contribution in [3.05, 3.63) is 18.2 Å². The SMILES string of the molecule is COc1cncc(F)c1OC. The first-order chi connectivity index (χ1) is 5.29. The molecule has 0 aliphatic heterocycles. The zero-order valence-electron chi connectivity index (χ0n) is 6.30. The van der Waals surface area contributed by atoms with E-state index in [0.29, 0.717) is 5.75 Å². The van der Waals surface area contributed by atoms with Gasteiger partial charge in [-0.25, -0.2) is 4.39 Å². The van der Waals surface area contributed by atoms with Crippen LogP contribution in [0.3, 0.4) is 0 Å². The number of ether oxygens (including phenoxy) is 2. The van der Waals surface area contributed by atoms with Gasteiger partial charge in [-0.05, 0) is 0 Å². The summed E-state index contributed by atoms with van der Waals surface area (Å²) in [5.74, 6) is -0.137. The predicted octanol–water partition coefficient (Wildman–Crippen LogP) is 1.24. The largest absolute Gasteiger partial charge is 0.491 e. The number of rotatable bonds is 2. The van der Waals surface area contributed by atoms with Crippen molar-refractivity contribution in [3.63, 3.8) is 0 Å². The Morgan fingerprint density at radius 1 is 1.27 bits per heavy atom. The highest BCUT2D eigenvalue weighted by atomic mass is 19.1. The van der Waals surface area contributed by atoms with E-state index in [1.807, 2.05) is 0 Å². The third kappa shape index (κ3) is 1.39. The van der Waals surface area contributed by atoms with Gasteiger partial charge in [0, 0.05) is 0 Å². The van der Waals surface area contributed by atoms with Gasteiger partial charge in [-0.1, -0.05) is 0 Å². The van der Waals surface area contributed by atoms with Crippen LogP contribution in [0.4, 0.5) is 4.39 Å². The number of pyridine rings is 1. The molecule has 0 spiro atoms. The Labute approximate surface area is 63.8 Å². The van der Waals surface area contributed by atoms with E-state index >= 15 is 0 Å². The third-order valence-electron chi connectivity index (χ3n) is 1.24. The molecule has 0 atom stereocenters. The summed E-state index contributed by atoms with van der Waals surface area (Å²) in [6, 6.07) is 0. The maximum atomic E-state index is 12.8. The Kier molecular flexibility index (Phi) is 2.25. The lowest BCUT2D eigenvalue weighted by Crippen LogP contribution is -1.94. The average Bonchev–Trinajstić information content (AvgIpc) is 2.04. The monoisotopic (exact) mass is 157 g/mol. The van der Waals surface area contributed by atoms with Crippen LogP contribution in [0.1, 0.15) is 0 Å². The molecule has 60 valence electrons. The van der Waals surface area contributed by atoms with Crippen molar-refractivity contribution in [2.24, 2.45) is 0 Å². The van der Waals surface area contributed by atoms with Gasteiger partial charge in [0.15, 0.2) is 17.3 Å². The van der Waals surface area contributed by atoms with Crippen LogP contribution < -0.4 is 9.47 Å². The third-order valence-corrected chi connectivity index (χ3v) is 1.24. The normalized spacial score (nSPS) is 9.36. The fraction of sp³-hybridized carbons (Fsp3) is 0.286. The van der Waals surface area contributed by atoms with E-state index in [9.17, 15) is 4.39 Å². The lowest BCUT2D eigenvalue weighted by Gasteiger charge is -2.05. The molecule has 0 aromatic carbocycles. The number of hydrogen-bond donors (Lipinski definition) is 0. The molecule has 0 unspecified atom stereocenters. The molecule has 1 aromatic rings.